The van der Waals surface area contributed by atoms with Crippen LogP contribution in [0.3, 0.4) is 0 Å². The lowest BCUT2D eigenvalue weighted by Crippen LogP contribution is -2.35. The van der Waals surface area contributed by atoms with E-state index in [-0.39, 0.29) is 0 Å². The van der Waals surface area contributed by atoms with Gasteiger partial charge in [-0.15, -0.1) is 0 Å². The molecule has 120 valence electrons. The van der Waals surface area contributed by atoms with Gasteiger partial charge in [0.1, 0.15) is 0 Å². The lowest BCUT2D eigenvalue weighted by atomic mass is 10.2. The largest absolute Gasteiger partial charge is 0.338 e. The smallest absolute Gasteiger partial charge is 0.225 e. The summed E-state index contributed by atoms with van der Waals surface area (Å²) in [6.45, 7) is 18.2. The van der Waals surface area contributed by atoms with Crippen LogP contribution in [0.1, 0.15) is 52.8 Å². The molecule has 0 aromatic carbocycles. The lowest BCUT2D eigenvalue weighted by molar-refractivity contribution is 0.547. The highest BCUT2D eigenvalue weighted by Crippen LogP contribution is 2.16. The molecule has 0 aliphatic rings. The predicted molar refractivity (Wildman–Crippen MR) is 90.6 cm³/mol. The van der Waals surface area contributed by atoms with E-state index in [0.717, 1.165) is 31.3 Å². The van der Waals surface area contributed by atoms with Gasteiger partial charge in [-0.1, -0.05) is 27.7 Å². The van der Waals surface area contributed by atoms with Gasteiger partial charge in [-0.3, -0.25) is 0 Å². The van der Waals surface area contributed by atoms with Crippen LogP contribution in [0.25, 0.3) is 0 Å². The van der Waals surface area contributed by atoms with Crippen LogP contribution in [0.4, 0.5) is 5.95 Å². The van der Waals surface area contributed by atoms with Gasteiger partial charge < -0.3 is 10.2 Å². The van der Waals surface area contributed by atoms with E-state index in [9.17, 15) is 0 Å². The number of rotatable bonds is 8. The van der Waals surface area contributed by atoms with Crippen LogP contribution < -0.4 is 10.2 Å². The van der Waals surface area contributed by atoms with Gasteiger partial charge in [0.05, 0.1) is 0 Å². The Morgan fingerprint density at radius 3 is 2.24 bits per heavy atom. The molecule has 1 aromatic heterocycles. The Bertz CT molecular complexity index is 427. The Morgan fingerprint density at radius 2 is 1.76 bits per heavy atom. The summed E-state index contributed by atoms with van der Waals surface area (Å²) in [7, 11) is 0. The summed E-state index contributed by atoms with van der Waals surface area (Å²) >= 11 is 0. The predicted octanol–water partition coefficient (Wildman–Crippen LogP) is 3.40. The van der Waals surface area contributed by atoms with Gasteiger partial charge in [0.25, 0.3) is 0 Å². The molecule has 21 heavy (non-hydrogen) atoms. The van der Waals surface area contributed by atoms with Crippen LogP contribution in [0.2, 0.25) is 0 Å². The number of hydrogen-bond donors (Lipinski definition) is 1. The molecule has 0 saturated carbocycles. The van der Waals surface area contributed by atoms with Crippen molar-refractivity contribution < 1.29 is 0 Å². The van der Waals surface area contributed by atoms with Gasteiger partial charge in [0, 0.05) is 36.6 Å². The van der Waals surface area contributed by atoms with E-state index in [2.05, 4.69) is 63.7 Å². The zero-order chi connectivity index (χ0) is 16.0. The molecule has 1 aromatic rings. The topological polar surface area (TPSA) is 41.1 Å². The van der Waals surface area contributed by atoms with E-state index in [0.29, 0.717) is 17.9 Å². The SMILES string of the molecule is Cc1nc(N(CC(C)C)C(C)C)ncc1CNCC(C)C. The molecule has 0 radical (unpaired) electrons. The van der Waals surface area contributed by atoms with Gasteiger partial charge in [-0.25, -0.2) is 9.97 Å². The second-order valence-electron chi connectivity index (χ2n) is 6.95. The average Bonchev–Trinajstić information content (AvgIpc) is 2.37. The van der Waals surface area contributed by atoms with Crippen molar-refractivity contribution in [3.05, 3.63) is 17.5 Å². The highest BCUT2D eigenvalue weighted by molar-refractivity contribution is 5.34. The van der Waals surface area contributed by atoms with Crippen LogP contribution in [-0.4, -0.2) is 29.1 Å². The molecule has 0 aliphatic heterocycles. The third-order valence-corrected chi connectivity index (χ3v) is 3.38. The second kappa shape index (κ2) is 8.32. The molecule has 4 nitrogen and oxygen atoms in total. The first-order chi connectivity index (χ1) is 9.81. The minimum absolute atomic E-state index is 0.414. The normalized spacial score (nSPS) is 11.7. The highest BCUT2D eigenvalue weighted by Gasteiger charge is 2.16. The Labute approximate surface area is 130 Å². The zero-order valence-electron chi connectivity index (χ0n) is 14.8. The van der Waals surface area contributed by atoms with Gasteiger partial charge in [0.2, 0.25) is 5.95 Å². The fourth-order valence-corrected chi connectivity index (χ4v) is 2.20. The number of hydrogen-bond acceptors (Lipinski definition) is 4. The fraction of sp³-hybridized carbons (Fsp3) is 0.765. The summed E-state index contributed by atoms with van der Waals surface area (Å²) in [4.78, 5) is 11.6. The monoisotopic (exact) mass is 292 g/mol. The van der Waals surface area contributed by atoms with Crippen LogP contribution in [0, 0.1) is 18.8 Å². The summed E-state index contributed by atoms with van der Waals surface area (Å²) in [5, 5.41) is 3.45. The van der Waals surface area contributed by atoms with Gasteiger partial charge in [-0.05, 0) is 39.2 Å². The van der Waals surface area contributed by atoms with E-state index in [1.807, 2.05) is 6.20 Å². The van der Waals surface area contributed by atoms with Crippen molar-refractivity contribution >= 4 is 5.95 Å². The van der Waals surface area contributed by atoms with Gasteiger partial charge in [0.15, 0.2) is 0 Å². The molecule has 0 aliphatic carbocycles. The first kappa shape index (κ1) is 17.9. The molecule has 0 saturated heterocycles. The number of anilines is 1. The average molecular weight is 292 g/mol. The van der Waals surface area contributed by atoms with Crippen LogP contribution in [0.15, 0.2) is 6.20 Å². The Morgan fingerprint density at radius 1 is 1.10 bits per heavy atom. The summed E-state index contributed by atoms with van der Waals surface area (Å²) in [5.41, 5.74) is 2.26. The van der Waals surface area contributed by atoms with E-state index < -0.39 is 0 Å². The molecule has 0 spiro atoms. The first-order valence-electron chi connectivity index (χ1n) is 8.11. The van der Waals surface area contributed by atoms with Crippen molar-refractivity contribution in [2.75, 3.05) is 18.0 Å². The molecular formula is C17H32N4. The van der Waals surface area contributed by atoms with E-state index in [1.165, 1.54) is 5.56 Å². The molecule has 1 heterocycles. The van der Waals surface area contributed by atoms with Crippen LogP contribution in [-0.2, 0) is 6.54 Å². The second-order valence-corrected chi connectivity index (χ2v) is 6.95. The summed E-state index contributed by atoms with van der Waals surface area (Å²) in [5.74, 6) is 2.11. The molecule has 0 amide bonds. The maximum atomic E-state index is 4.72. The third kappa shape index (κ3) is 6.00. The van der Waals surface area contributed by atoms with Crippen molar-refractivity contribution in [3.8, 4) is 0 Å². The van der Waals surface area contributed by atoms with Crippen molar-refractivity contribution in [1.82, 2.24) is 15.3 Å². The molecule has 0 fully saturated rings. The summed E-state index contributed by atoms with van der Waals surface area (Å²) in [6.07, 6.45) is 1.97. The van der Waals surface area contributed by atoms with Crippen molar-refractivity contribution in [2.24, 2.45) is 11.8 Å². The highest BCUT2D eigenvalue weighted by atomic mass is 15.3. The first-order valence-corrected chi connectivity index (χ1v) is 8.11. The third-order valence-electron chi connectivity index (χ3n) is 3.38. The standard InChI is InChI=1S/C17H32N4/c1-12(2)8-18-9-16-10-19-17(20-15(16)7)21(14(5)6)11-13(3)4/h10,12-14,18H,8-9,11H2,1-7H3. The Balaban J connectivity index is 2.79. The summed E-state index contributed by atoms with van der Waals surface area (Å²) < 4.78 is 0. The quantitative estimate of drug-likeness (QED) is 0.797. The van der Waals surface area contributed by atoms with E-state index >= 15 is 0 Å². The van der Waals surface area contributed by atoms with Crippen molar-refractivity contribution in [1.29, 1.82) is 0 Å². The molecular weight excluding hydrogens is 260 g/mol. The molecule has 0 unspecified atom stereocenters. The van der Waals surface area contributed by atoms with Gasteiger partial charge >= 0.3 is 0 Å². The van der Waals surface area contributed by atoms with E-state index in [1.54, 1.807) is 0 Å². The minimum Gasteiger partial charge on any atom is -0.338 e. The molecule has 0 atom stereocenters. The Hall–Kier alpha value is -1.16. The number of aromatic nitrogens is 2. The van der Waals surface area contributed by atoms with E-state index in [4.69, 9.17) is 4.98 Å². The summed E-state index contributed by atoms with van der Waals surface area (Å²) in [6, 6.07) is 0.414. The van der Waals surface area contributed by atoms with Crippen molar-refractivity contribution in [2.45, 2.75) is 61.1 Å². The van der Waals surface area contributed by atoms with Crippen LogP contribution in [0.5, 0.6) is 0 Å². The number of aryl methyl sites for hydroxylation is 1. The number of nitrogens with one attached hydrogen (secondary N) is 1. The maximum absolute atomic E-state index is 4.72. The Kier molecular flexibility index (Phi) is 7.09. The van der Waals surface area contributed by atoms with Crippen molar-refractivity contribution in [3.63, 3.8) is 0 Å². The maximum Gasteiger partial charge on any atom is 0.225 e. The number of nitrogens with zero attached hydrogens (tertiary/aromatic N) is 3. The lowest BCUT2D eigenvalue weighted by Gasteiger charge is -2.28. The minimum atomic E-state index is 0.414. The van der Waals surface area contributed by atoms with Crippen LogP contribution >= 0.6 is 0 Å². The fourth-order valence-electron chi connectivity index (χ4n) is 2.20. The van der Waals surface area contributed by atoms with Gasteiger partial charge in [-0.2, -0.15) is 0 Å². The zero-order valence-corrected chi connectivity index (χ0v) is 14.8. The molecule has 0 bridgehead atoms. The molecule has 1 rings (SSSR count). The molecule has 4 heteroatoms. The molecule has 1 N–H and O–H groups in total.